The van der Waals surface area contributed by atoms with Crippen molar-refractivity contribution in [3.8, 4) is 0 Å². The van der Waals surface area contributed by atoms with Gasteiger partial charge in [-0.1, -0.05) is 61.4 Å². The molecule has 1 saturated heterocycles. The van der Waals surface area contributed by atoms with Crippen LogP contribution in [0.25, 0.3) is 10.9 Å². The van der Waals surface area contributed by atoms with Gasteiger partial charge in [0.15, 0.2) is 0 Å². The SMILES string of the molecule is O=C1C(=O)N2CCc3c(n(Cc4ccccc4)c4ccccc34)C2CN1C(=O)C1CCCC1. The molecule has 2 aromatic carbocycles. The number of amides is 3. The highest BCUT2D eigenvalue weighted by Crippen LogP contribution is 2.40. The first kappa shape index (κ1) is 20.2. The van der Waals surface area contributed by atoms with Crippen molar-refractivity contribution in [2.24, 2.45) is 5.92 Å². The van der Waals surface area contributed by atoms with Gasteiger partial charge in [-0.3, -0.25) is 19.3 Å². The molecule has 1 saturated carbocycles. The molecule has 6 rings (SSSR count). The number of aromatic nitrogens is 1. The molecule has 6 nitrogen and oxygen atoms in total. The third kappa shape index (κ3) is 3.19. The van der Waals surface area contributed by atoms with Crippen LogP contribution in [0.2, 0.25) is 0 Å². The summed E-state index contributed by atoms with van der Waals surface area (Å²) < 4.78 is 2.29. The number of hydrogen-bond acceptors (Lipinski definition) is 3. The number of benzene rings is 2. The monoisotopic (exact) mass is 441 g/mol. The number of piperazine rings is 1. The molecule has 3 amide bonds. The van der Waals surface area contributed by atoms with Gasteiger partial charge in [-0.15, -0.1) is 0 Å². The minimum absolute atomic E-state index is 0.133. The lowest BCUT2D eigenvalue weighted by atomic mass is 9.94. The second-order valence-electron chi connectivity index (χ2n) is 9.45. The number of rotatable bonds is 3. The fourth-order valence-electron chi connectivity index (χ4n) is 6.02. The predicted octanol–water partition coefficient (Wildman–Crippen LogP) is 3.67. The van der Waals surface area contributed by atoms with E-state index in [1.807, 2.05) is 30.3 Å². The highest BCUT2D eigenvalue weighted by atomic mass is 16.2. The van der Waals surface area contributed by atoms with Gasteiger partial charge >= 0.3 is 11.8 Å². The van der Waals surface area contributed by atoms with Crippen molar-refractivity contribution in [1.82, 2.24) is 14.4 Å². The molecule has 33 heavy (non-hydrogen) atoms. The van der Waals surface area contributed by atoms with E-state index in [1.165, 1.54) is 21.4 Å². The van der Waals surface area contributed by atoms with Crippen molar-refractivity contribution < 1.29 is 14.4 Å². The Kier molecular flexibility index (Phi) is 4.82. The Balaban J connectivity index is 1.46. The van der Waals surface area contributed by atoms with Crippen molar-refractivity contribution in [2.75, 3.05) is 13.1 Å². The zero-order valence-electron chi connectivity index (χ0n) is 18.6. The third-order valence-corrected chi connectivity index (χ3v) is 7.61. The maximum atomic E-state index is 13.2. The van der Waals surface area contributed by atoms with Gasteiger partial charge in [0.05, 0.1) is 12.6 Å². The van der Waals surface area contributed by atoms with Gasteiger partial charge in [0.2, 0.25) is 5.91 Å². The smallest absolute Gasteiger partial charge is 0.318 e. The number of carbonyl (C=O) groups is 3. The normalized spacial score (nSPS) is 20.9. The quantitative estimate of drug-likeness (QED) is 0.460. The standard InChI is InChI=1S/C27H27N3O3/c31-25(19-10-4-5-11-19)30-17-23-24-21(14-15-28(23)26(32)27(30)33)20-12-6-7-13-22(20)29(24)16-18-8-2-1-3-9-18/h1-3,6-9,12-13,19,23H,4-5,10-11,14-17H2. The molecule has 3 aromatic rings. The van der Waals surface area contributed by atoms with Crippen molar-refractivity contribution in [3.63, 3.8) is 0 Å². The Morgan fingerprint density at radius 2 is 1.64 bits per heavy atom. The predicted molar refractivity (Wildman–Crippen MR) is 124 cm³/mol. The molecule has 0 radical (unpaired) electrons. The number of carbonyl (C=O) groups excluding carboxylic acids is 3. The second kappa shape index (κ2) is 7.87. The van der Waals surface area contributed by atoms with Crippen LogP contribution in [0.1, 0.15) is 48.5 Å². The average molecular weight is 442 g/mol. The Morgan fingerprint density at radius 1 is 0.909 bits per heavy atom. The number of hydrogen-bond donors (Lipinski definition) is 0. The number of fused-ring (bicyclic) bond motifs is 5. The van der Waals surface area contributed by atoms with E-state index in [4.69, 9.17) is 0 Å². The molecule has 2 aliphatic heterocycles. The first-order valence-electron chi connectivity index (χ1n) is 11.9. The Morgan fingerprint density at radius 3 is 2.42 bits per heavy atom. The van der Waals surface area contributed by atoms with Gasteiger partial charge in [-0.2, -0.15) is 0 Å². The zero-order valence-corrected chi connectivity index (χ0v) is 18.6. The number of nitrogens with zero attached hydrogens (tertiary/aromatic N) is 3. The van der Waals surface area contributed by atoms with Crippen LogP contribution in [-0.2, 0) is 27.3 Å². The molecular weight excluding hydrogens is 414 g/mol. The summed E-state index contributed by atoms with van der Waals surface area (Å²) in [6.45, 7) is 1.44. The molecule has 168 valence electrons. The molecule has 1 unspecified atom stereocenters. The Hall–Kier alpha value is -3.41. The van der Waals surface area contributed by atoms with Gasteiger partial charge in [0.25, 0.3) is 0 Å². The van der Waals surface area contributed by atoms with E-state index in [2.05, 4.69) is 28.8 Å². The van der Waals surface area contributed by atoms with E-state index in [-0.39, 0.29) is 24.4 Å². The Bertz CT molecular complexity index is 1260. The van der Waals surface area contributed by atoms with Crippen molar-refractivity contribution in [2.45, 2.75) is 44.7 Å². The van der Waals surface area contributed by atoms with E-state index in [0.717, 1.165) is 36.9 Å². The minimum Gasteiger partial charge on any atom is -0.338 e. The van der Waals surface area contributed by atoms with Crippen molar-refractivity contribution in [3.05, 3.63) is 71.4 Å². The summed E-state index contributed by atoms with van der Waals surface area (Å²) in [5.41, 5.74) is 4.61. The van der Waals surface area contributed by atoms with E-state index in [0.29, 0.717) is 19.5 Å². The maximum Gasteiger partial charge on any atom is 0.318 e. The summed E-state index contributed by atoms with van der Waals surface area (Å²) in [6, 6.07) is 18.3. The van der Waals surface area contributed by atoms with Crippen LogP contribution in [0, 0.1) is 5.92 Å². The molecule has 3 heterocycles. The molecule has 0 N–H and O–H groups in total. The molecule has 0 spiro atoms. The number of para-hydroxylation sites is 1. The first-order valence-corrected chi connectivity index (χ1v) is 11.9. The van der Waals surface area contributed by atoms with Crippen LogP contribution in [0.5, 0.6) is 0 Å². The molecular formula is C27H27N3O3. The summed E-state index contributed by atoms with van der Waals surface area (Å²) in [6.07, 6.45) is 4.36. The number of imide groups is 1. The first-order chi connectivity index (χ1) is 16.1. The van der Waals surface area contributed by atoms with Gasteiger partial charge < -0.3 is 9.47 Å². The minimum atomic E-state index is -0.655. The average Bonchev–Trinajstić information content (AvgIpc) is 3.49. The summed E-state index contributed by atoms with van der Waals surface area (Å²) in [7, 11) is 0. The van der Waals surface area contributed by atoms with E-state index >= 15 is 0 Å². The van der Waals surface area contributed by atoms with E-state index in [1.54, 1.807) is 4.90 Å². The van der Waals surface area contributed by atoms with Crippen molar-refractivity contribution >= 4 is 28.6 Å². The summed E-state index contributed by atoms with van der Waals surface area (Å²) in [5, 5.41) is 1.20. The lowest BCUT2D eigenvalue weighted by molar-refractivity contribution is -0.166. The van der Waals surface area contributed by atoms with Crippen LogP contribution in [0.15, 0.2) is 54.6 Å². The lowest BCUT2D eigenvalue weighted by Crippen LogP contribution is -2.60. The Labute approximate surface area is 192 Å². The van der Waals surface area contributed by atoms with Gasteiger partial charge in [-0.25, -0.2) is 0 Å². The third-order valence-electron chi connectivity index (χ3n) is 7.61. The molecule has 3 aliphatic rings. The van der Waals surface area contributed by atoms with Crippen molar-refractivity contribution in [1.29, 1.82) is 0 Å². The van der Waals surface area contributed by atoms with E-state index < -0.39 is 11.8 Å². The summed E-state index contributed by atoms with van der Waals surface area (Å²) in [5.74, 6) is -1.49. The summed E-state index contributed by atoms with van der Waals surface area (Å²) >= 11 is 0. The zero-order chi connectivity index (χ0) is 22.5. The van der Waals surface area contributed by atoms with Gasteiger partial charge in [-0.05, 0) is 36.5 Å². The second-order valence-corrected chi connectivity index (χ2v) is 9.45. The highest BCUT2D eigenvalue weighted by Gasteiger charge is 2.47. The molecule has 2 fully saturated rings. The molecule has 6 heteroatoms. The molecule has 0 bridgehead atoms. The van der Waals surface area contributed by atoms with Crippen LogP contribution < -0.4 is 0 Å². The van der Waals surface area contributed by atoms with Crippen LogP contribution >= 0.6 is 0 Å². The van der Waals surface area contributed by atoms with E-state index in [9.17, 15) is 14.4 Å². The maximum absolute atomic E-state index is 13.2. The highest BCUT2D eigenvalue weighted by molar-refractivity contribution is 6.38. The fourth-order valence-corrected chi connectivity index (χ4v) is 6.02. The van der Waals surface area contributed by atoms with Crippen LogP contribution in [-0.4, -0.2) is 45.2 Å². The molecule has 1 aliphatic carbocycles. The van der Waals surface area contributed by atoms with Crippen LogP contribution in [0.3, 0.4) is 0 Å². The molecule has 1 atom stereocenters. The largest absolute Gasteiger partial charge is 0.338 e. The molecule has 1 aromatic heterocycles. The van der Waals surface area contributed by atoms with Crippen LogP contribution in [0.4, 0.5) is 0 Å². The topological polar surface area (TPSA) is 62.6 Å². The lowest BCUT2D eigenvalue weighted by Gasteiger charge is -2.43. The fraction of sp³-hybridized carbons (Fsp3) is 0.370. The van der Waals surface area contributed by atoms with Gasteiger partial charge in [0, 0.05) is 35.6 Å². The summed E-state index contributed by atoms with van der Waals surface area (Å²) in [4.78, 5) is 42.3. The van der Waals surface area contributed by atoms with Gasteiger partial charge in [0.1, 0.15) is 0 Å².